The minimum absolute atomic E-state index is 0.680. The van der Waals surface area contributed by atoms with Crippen LogP contribution in [0, 0.1) is 23.2 Å². The van der Waals surface area contributed by atoms with Gasteiger partial charge < -0.3 is 0 Å². The SMILES string of the molecule is C[C@@H]1[C@H]2C[C@@H](C[C@H]1[B-]1C3CCCC1CCC3)C2(C)C. The first-order valence-corrected chi connectivity index (χ1v) is 9.09. The van der Waals surface area contributed by atoms with E-state index in [1.807, 2.05) is 0 Å². The molecule has 107 valence electrons. The summed E-state index contributed by atoms with van der Waals surface area (Å²) in [5, 5.41) is 0. The van der Waals surface area contributed by atoms with E-state index >= 15 is 0 Å². The summed E-state index contributed by atoms with van der Waals surface area (Å²) >= 11 is 0. The van der Waals surface area contributed by atoms with Crippen LogP contribution in [0.4, 0.5) is 0 Å². The fraction of sp³-hybridized carbons (Fsp3) is 1.00. The van der Waals surface area contributed by atoms with Gasteiger partial charge in [-0.05, 0) is 23.7 Å². The zero-order valence-electron chi connectivity index (χ0n) is 13.2. The fourth-order valence-corrected chi connectivity index (χ4v) is 7.12. The quantitative estimate of drug-likeness (QED) is 0.532. The van der Waals surface area contributed by atoms with Crippen molar-refractivity contribution in [3.63, 3.8) is 0 Å². The van der Waals surface area contributed by atoms with Crippen LogP contribution < -0.4 is 0 Å². The first-order valence-electron chi connectivity index (χ1n) is 9.09. The van der Waals surface area contributed by atoms with E-state index in [1.54, 1.807) is 51.4 Å². The topological polar surface area (TPSA) is 0 Å². The summed E-state index contributed by atoms with van der Waals surface area (Å²) in [5.74, 6) is 6.50. The molecule has 0 aromatic carbocycles. The molecule has 0 unspecified atom stereocenters. The molecule has 0 nitrogen and oxygen atoms in total. The summed E-state index contributed by atoms with van der Waals surface area (Å²) in [6.45, 7) is 8.87. The molecule has 3 aliphatic carbocycles. The van der Waals surface area contributed by atoms with Crippen LogP contribution >= 0.6 is 0 Å². The Kier molecular flexibility index (Phi) is 2.88. The third-order valence-corrected chi connectivity index (χ3v) is 8.30. The third-order valence-electron chi connectivity index (χ3n) is 8.30. The van der Waals surface area contributed by atoms with Gasteiger partial charge in [0, 0.05) is 0 Å². The molecule has 1 heteroatoms. The third kappa shape index (κ3) is 1.72. The van der Waals surface area contributed by atoms with Crippen LogP contribution in [0.5, 0.6) is 0 Å². The molecule has 5 aliphatic rings. The molecule has 0 amide bonds. The number of hydrogen-bond acceptors (Lipinski definition) is 0. The number of fused-ring (bicyclic) bond motifs is 5. The predicted molar refractivity (Wildman–Crippen MR) is 83.9 cm³/mol. The molecule has 0 spiro atoms. The van der Waals surface area contributed by atoms with Crippen molar-refractivity contribution in [2.24, 2.45) is 23.2 Å². The number of hydrogen-bond donors (Lipinski definition) is 0. The smallest absolute Gasteiger partial charge is 0.0297 e. The lowest BCUT2D eigenvalue weighted by Gasteiger charge is -2.69. The molecular formula is C18H31B-. The molecule has 1 radical (unpaired) electrons. The minimum atomic E-state index is 0.680. The van der Waals surface area contributed by atoms with Crippen molar-refractivity contribution in [1.82, 2.24) is 0 Å². The molecule has 0 aromatic rings. The molecule has 4 bridgehead atoms. The second-order valence-corrected chi connectivity index (χ2v) is 9.08. The summed E-state index contributed by atoms with van der Waals surface area (Å²) in [6.07, 6.45) is 12.5. The van der Waals surface area contributed by atoms with Gasteiger partial charge in [0.05, 0.1) is 0 Å². The Morgan fingerprint density at radius 2 is 1.47 bits per heavy atom. The summed E-state index contributed by atoms with van der Waals surface area (Å²) in [6, 6.07) is 0. The molecule has 2 heterocycles. The van der Waals surface area contributed by atoms with Crippen LogP contribution in [-0.2, 0) is 0 Å². The molecule has 0 aromatic heterocycles. The van der Waals surface area contributed by atoms with Crippen molar-refractivity contribution in [1.29, 1.82) is 0 Å². The standard InChI is InChI=1S/C18H31B/c1-12-16-10-13(18(16,2)3)11-17(12)19-14-6-4-7-15(19)9-5-8-14/h12-17H,4-11H2,1-3H3/q-1/t12-,13+,14?,15?,16-,17-/m1/s1. The van der Waals surface area contributed by atoms with Crippen LogP contribution in [0.1, 0.15) is 72.1 Å². The Balaban J connectivity index is 1.57. The Morgan fingerprint density at radius 1 is 0.895 bits per heavy atom. The molecule has 3 saturated carbocycles. The van der Waals surface area contributed by atoms with E-state index in [-0.39, 0.29) is 0 Å². The normalized spacial score (nSPS) is 52.6. The van der Waals surface area contributed by atoms with Crippen molar-refractivity contribution in [2.75, 3.05) is 0 Å². The van der Waals surface area contributed by atoms with Gasteiger partial charge in [-0.25, -0.2) is 0 Å². The van der Waals surface area contributed by atoms with Gasteiger partial charge in [0.25, 0.3) is 0 Å². The van der Waals surface area contributed by atoms with Crippen molar-refractivity contribution >= 4 is 6.71 Å². The van der Waals surface area contributed by atoms with Gasteiger partial charge in [0.1, 0.15) is 0 Å². The summed E-state index contributed by atoms with van der Waals surface area (Å²) in [5.41, 5.74) is 0.680. The summed E-state index contributed by atoms with van der Waals surface area (Å²) in [4.78, 5) is 0. The fourth-order valence-electron chi connectivity index (χ4n) is 7.12. The van der Waals surface area contributed by atoms with Crippen LogP contribution in [0.15, 0.2) is 0 Å². The van der Waals surface area contributed by atoms with E-state index in [0.29, 0.717) is 5.41 Å². The van der Waals surface area contributed by atoms with Gasteiger partial charge >= 0.3 is 0 Å². The zero-order valence-corrected chi connectivity index (χ0v) is 13.2. The van der Waals surface area contributed by atoms with Crippen LogP contribution in [0.25, 0.3) is 0 Å². The monoisotopic (exact) mass is 258 g/mol. The first-order chi connectivity index (χ1) is 9.09. The Bertz CT molecular complexity index is 339. The van der Waals surface area contributed by atoms with E-state index in [2.05, 4.69) is 20.8 Å². The van der Waals surface area contributed by atoms with Gasteiger partial charge in [-0.2, -0.15) is 17.5 Å². The second-order valence-electron chi connectivity index (χ2n) is 9.08. The lowest BCUT2D eigenvalue weighted by molar-refractivity contribution is -0.0998. The van der Waals surface area contributed by atoms with E-state index < -0.39 is 0 Å². The van der Waals surface area contributed by atoms with E-state index in [4.69, 9.17) is 0 Å². The first kappa shape index (κ1) is 12.8. The molecule has 5 fully saturated rings. The maximum atomic E-state index is 2.62. The van der Waals surface area contributed by atoms with Gasteiger partial charge in [0.15, 0.2) is 0 Å². The largest absolute Gasteiger partial charge is 0.196 e. The predicted octanol–water partition coefficient (Wildman–Crippen LogP) is 5.66. The molecule has 5 rings (SSSR count). The maximum absolute atomic E-state index is 2.62. The molecule has 4 atom stereocenters. The van der Waals surface area contributed by atoms with Crippen LogP contribution in [-0.4, -0.2) is 6.71 Å². The van der Waals surface area contributed by atoms with Crippen molar-refractivity contribution in [3.8, 4) is 0 Å². The summed E-state index contributed by atoms with van der Waals surface area (Å²) in [7, 11) is 0. The highest BCUT2D eigenvalue weighted by molar-refractivity contribution is 6.64. The number of rotatable bonds is 1. The average Bonchev–Trinajstić information content (AvgIpc) is 2.37. The second kappa shape index (κ2) is 4.28. The van der Waals surface area contributed by atoms with Gasteiger partial charge in [-0.15, -0.1) is 6.71 Å². The van der Waals surface area contributed by atoms with Crippen molar-refractivity contribution in [2.45, 2.75) is 89.6 Å². The molecule has 0 N–H and O–H groups in total. The molecule has 2 aliphatic heterocycles. The van der Waals surface area contributed by atoms with E-state index in [0.717, 1.165) is 41.9 Å². The van der Waals surface area contributed by atoms with Gasteiger partial charge in [-0.1, -0.05) is 71.6 Å². The molecule has 19 heavy (non-hydrogen) atoms. The summed E-state index contributed by atoms with van der Waals surface area (Å²) < 4.78 is 0. The average molecular weight is 258 g/mol. The molecule has 2 saturated heterocycles. The van der Waals surface area contributed by atoms with E-state index in [1.165, 1.54) is 0 Å². The highest BCUT2D eigenvalue weighted by atomic mass is 14.6. The Morgan fingerprint density at radius 3 is 1.95 bits per heavy atom. The Hall–Kier alpha value is 0.0649. The van der Waals surface area contributed by atoms with Gasteiger partial charge in [0.2, 0.25) is 0 Å². The highest BCUT2D eigenvalue weighted by Gasteiger charge is 2.55. The Labute approximate surface area is 120 Å². The van der Waals surface area contributed by atoms with Crippen molar-refractivity contribution in [3.05, 3.63) is 0 Å². The zero-order chi connectivity index (χ0) is 13.2. The minimum Gasteiger partial charge on any atom is -0.196 e. The van der Waals surface area contributed by atoms with Crippen LogP contribution in [0.3, 0.4) is 0 Å². The van der Waals surface area contributed by atoms with Crippen LogP contribution in [0.2, 0.25) is 17.5 Å². The highest BCUT2D eigenvalue weighted by Crippen LogP contribution is 2.67. The van der Waals surface area contributed by atoms with Gasteiger partial charge in [-0.3, -0.25) is 0 Å². The lowest BCUT2D eigenvalue weighted by atomic mass is 9.18. The van der Waals surface area contributed by atoms with Crippen molar-refractivity contribution < 1.29 is 0 Å². The maximum Gasteiger partial charge on any atom is -0.0297 e. The molecular weight excluding hydrogens is 227 g/mol. The van der Waals surface area contributed by atoms with E-state index in [9.17, 15) is 0 Å². The lowest BCUT2D eigenvalue weighted by Crippen LogP contribution is -2.57.